The Hall–Kier alpha value is -3.87. The van der Waals surface area contributed by atoms with Gasteiger partial charge in [0.2, 0.25) is 11.8 Å². The Balaban J connectivity index is 1.30. The van der Waals surface area contributed by atoms with Crippen molar-refractivity contribution in [2.75, 3.05) is 36.4 Å². The molecule has 0 bridgehead atoms. The van der Waals surface area contributed by atoms with Crippen molar-refractivity contribution in [3.8, 4) is 11.3 Å². The number of carbonyl (C=O) groups is 2. The van der Waals surface area contributed by atoms with E-state index in [0.29, 0.717) is 23.6 Å². The lowest BCUT2D eigenvalue weighted by atomic mass is 10.2. The number of anilines is 2. The van der Waals surface area contributed by atoms with Crippen LogP contribution in [0.2, 0.25) is 0 Å². The van der Waals surface area contributed by atoms with Gasteiger partial charge in [-0.15, -0.1) is 0 Å². The van der Waals surface area contributed by atoms with Gasteiger partial charge in [0.25, 0.3) is 0 Å². The zero-order valence-electron chi connectivity index (χ0n) is 18.5. The number of amides is 2. The van der Waals surface area contributed by atoms with E-state index in [-0.39, 0.29) is 17.6 Å². The molecule has 4 rings (SSSR count). The third-order valence-corrected chi connectivity index (χ3v) is 5.59. The van der Waals surface area contributed by atoms with Crippen LogP contribution in [0.3, 0.4) is 0 Å². The molecule has 3 aromatic rings. The molecule has 0 spiro atoms. The predicted molar refractivity (Wildman–Crippen MR) is 127 cm³/mol. The standard InChI is InChI=1S/C26H26FN3O3/c1-2-26(32)30-17-15-29(16-18-30)22-9-7-21(8-10-22)28-25(31)14-12-23-11-13-24(33-23)19-3-5-20(27)6-4-19/h3-14H,2,15-18H2,1H3,(H,28,31)/b14-12+. The lowest BCUT2D eigenvalue weighted by molar-refractivity contribution is -0.131. The SMILES string of the molecule is CCC(=O)N1CCN(c2ccc(NC(=O)/C=C/c3ccc(-c4ccc(F)cc4)o3)cc2)CC1. The van der Waals surface area contributed by atoms with Gasteiger partial charge < -0.3 is 19.5 Å². The molecular formula is C26H26FN3O3. The number of hydrogen-bond donors (Lipinski definition) is 1. The normalized spacial score (nSPS) is 14.0. The molecule has 1 aliphatic rings. The highest BCUT2D eigenvalue weighted by Crippen LogP contribution is 2.23. The van der Waals surface area contributed by atoms with Crippen LogP contribution >= 0.6 is 0 Å². The number of piperazine rings is 1. The average Bonchev–Trinajstić information content (AvgIpc) is 3.32. The number of halogens is 1. The maximum absolute atomic E-state index is 13.1. The third kappa shape index (κ3) is 5.68. The summed E-state index contributed by atoms with van der Waals surface area (Å²) in [4.78, 5) is 28.2. The van der Waals surface area contributed by atoms with Crippen LogP contribution in [-0.4, -0.2) is 42.9 Å². The Bertz CT molecular complexity index is 1130. The first-order chi connectivity index (χ1) is 16.0. The fraction of sp³-hybridized carbons (Fsp3) is 0.231. The highest BCUT2D eigenvalue weighted by molar-refractivity contribution is 6.01. The van der Waals surface area contributed by atoms with Crippen LogP contribution in [0.5, 0.6) is 0 Å². The molecule has 33 heavy (non-hydrogen) atoms. The quantitative estimate of drug-likeness (QED) is 0.552. The van der Waals surface area contributed by atoms with Crippen LogP contribution in [0.15, 0.2) is 71.2 Å². The topological polar surface area (TPSA) is 65.8 Å². The molecule has 0 radical (unpaired) electrons. The molecule has 2 aromatic carbocycles. The van der Waals surface area contributed by atoms with E-state index < -0.39 is 0 Å². The van der Waals surface area contributed by atoms with Gasteiger partial charge in [-0.25, -0.2) is 4.39 Å². The molecule has 170 valence electrons. The van der Waals surface area contributed by atoms with Gasteiger partial charge in [0.1, 0.15) is 17.3 Å². The third-order valence-electron chi connectivity index (χ3n) is 5.59. The number of furan rings is 1. The summed E-state index contributed by atoms with van der Waals surface area (Å²) < 4.78 is 18.8. The number of hydrogen-bond acceptors (Lipinski definition) is 4. The maximum atomic E-state index is 13.1. The van der Waals surface area contributed by atoms with Crippen molar-refractivity contribution in [1.29, 1.82) is 0 Å². The van der Waals surface area contributed by atoms with Crippen LogP contribution < -0.4 is 10.2 Å². The second kappa shape index (κ2) is 10.2. The van der Waals surface area contributed by atoms with Gasteiger partial charge >= 0.3 is 0 Å². The number of carbonyl (C=O) groups excluding carboxylic acids is 2. The van der Waals surface area contributed by atoms with Gasteiger partial charge in [-0.2, -0.15) is 0 Å². The largest absolute Gasteiger partial charge is 0.457 e. The Morgan fingerprint density at radius 1 is 0.970 bits per heavy atom. The van der Waals surface area contributed by atoms with Gasteiger partial charge in [-0.05, 0) is 66.7 Å². The highest BCUT2D eigenvalue weighted by Gasteiger charge is 2.20. The smallest absolute Gasteiger partial charge is 0.248 e. The van der Waals surface area contributed by atoms with Crippen molar-refractivity contribution in [2.24, 2.45) is 0 Å². The van der Waals surface area contributed by atoms with E-state index >= 15 is 0 Å². The van der Waals surface area contributed by atoms with Crippen molar-refractivity contribution >= 4 is 29.3 Å². The summed E-state index contributed by atoms with van der Waals surface area (Å²) in [5.41, 5.74) is 2.52. The molecule has 0 saturated carbocycles. The first-order valence-electron chi connectivity index (χ1n) is 11.0. The van der Waals surface area contributed by atoms with Gasteiger partial charge in [0, 0.05) is 55.6 Å². The lowest BCUT2D eigenvalue weighted by Gasteiger charge is -2.36. The Morgan fingerprint density at radius 3 is 2.33 bits per heavy atom. The van der Waals surface area contributed by atoms with Crippen LogP contribution in [-0.2, 0) is 9.59 Å². The summed E-state index contributed by atoms with van der Waals surface area (Å²) in [7, 11) is 0. The summed E-state index contributed by atoms with van der Waals surface area (Å²) in [6.07, 6.45) is 3.54. The van der Waals surface area contributed by atoms with E-state index in [2.05, 4.69) is 10.2 Å². The van der Waals surface area contributed by atoms with Crippen molar-refractivity contribution in [3.63, 3.8) is 0 Å². The van der Waals surface area contributed by atoms with Crippen LogP contribution in [0.25, 0.3) is 17.4 Å². The van der Waals surface area contributed by atoms with Crippen LogP contribution in [0.4, 0.5) is 15.8 Å². The van der Waals surface area contributed by atoms with Crippen molar-refractivity contribution in [3.05, 3.63) is 78.3 Å². The molecule has 1 fully saturated rings. The molecule has 1 saturated heterocycles. The summed E-state index contributed by atoms with van der Waals surface area (Å²) in [6, 6.07) is 17.2. The monoisotopic (exact) mass is 447 g/mol. The average molecular weight is 448 g/mol. The van der Waals surface area contributed by atoms with E-state index in [4.69, 9.17) is 4.42 Å². The second-order valence-electron chi connectivity index (χ2n) is 7.80. The molecule has 1 N–H and O–H groups in total. The molecule has 1 aromatic heterocycles. The molecule has 0 unspecified atom stereocenters. The maximum Gasteiger partial charge on any atom is 0.248 e. The number of rotatable bonds is 6. The van der Waals surface area contributed by atoms with E-state index in [1.54, 1.807) is 30.3 Å². The molecule has 0 atom stereocenters. The Labute approximate surface area is 192 Å². The predicted octanol–water partition coefficient (Wildman–Crippen LogP) is 4.80. The minimum atomic E-state index is -0.304. The molecule has 2 amide bonds. The van der Waals surface area contributed by atoms with Crippen LogP contribution in [0.1, 0.15) is 19.1 Å². The first-order valence-corrected chi connectivity index (χ1v) is 11.0. The summed E-state index contributed by atoms with van der Waals surface area (Å²) >= 11 is 0. The van der Waals surface area contributed by atoms with Gasteiger partial charge in [-0.1, -0.05) is 6.92 Å². The number of benzene rings is 2. The fourth-order valence-corrected chi connectivity index (χ4v) is 3.75. The van der Waals surface area contributed by atoms with E-state index in [0.717, 1.165) is 37.4 Å². The minimum Gasteiger partial charge on any atom is -0.457 e. The van der Waals surface area contributed by atoms with Gasteiger partial charge in [0.05, 0.1) is 0 Å². The summed E-state index contributed by atoms with van der Waals surface area (Å²) in [5, 5.41) is 2.84. The Kier molecular flexibility index (Phi) is 6.88. The highest BCUT2D eigenvalue weighted by atomic mass is 19.1. The lowest BCUT2D eigenvalue weighted by Crippen LogP contribution is -2.48. The fourth-order valence-electron chi connectivity index (χ4n) is 3.75. The molecule has 0 aliphatic carbocycles. The first kappa shape index (κ1) is 22.3. The van der Waals surface area contributed by atoms with Gasteiger partial charge in [0.15, 0.2) is 0 Å². The van der Waals surface area contributed by atoms with Gasteiger partial charge in [-0.3, -0.25) is 9.59 Å². The second-order valence-corrected chi connectivity index (χ2v) is 7.80. The van der Waals surface area contributed by atoms with Crippen molar-refractivity contribution in [1.82, 2.24) is 4.90 Å². The van der Waals surface area contributed by atoms with E-state index in [1.165, 1.54) is 18.2 Å². The minimum absolute atomic E-state index is 0.196. The summed E-state index contributed by atoms with van der Waals surface area (Å²) in [5.74, 6) is 0.753. The number of nitrogens with one attached hydrogen (secondary N) is 1. The van der Waals surface area contributed by atoms with Crippen molar-refractivity contribution in [2.45, 2.75) is 13.3 Å². The molecule has 7 heteroatoms. The molecule has 1 aliphatic heterocycles. The van der Waals surface area contributed by atoms with E-state index in [1.807, 2.05) is 36.1 Å². The zero-order valence-corrected chi connectivity index (χ0v) is 18.5. The van der Waals surface area contributed by atoms with E-state index in [9.17, 15) is 14.0 Å². The zero-order chi connectivity index (χ0) is 23.2. The summed E-state index contributed by atoms with van der Waals surface area (Å²) in [6.45, 7) is 4.93. The Morgan fingerprint density at radius 2 is 1.67 bits per heavy atom. The molecule has 6 nitrogen and oxygen atoms in total. The molecule has 2 heterocycles. The number of nitrogens with zero attached hydrogens (tertiary/aromatic N) is 2. The van der Waals surface area contributed by atoms with Crippen LogP contribution in [0, 0.1) is 5.82 Å². The molecular weight excluding hydrogens is 421 g/mol. The van der Waals surface area contributed by atoms with Crippen molar-refractivity contribution < 1.29 is 18.4 Å².